The van der Waals surface area contributed by atoms with Crippen molar-refractivity contribution in [2.45, 2.75) is 13.8 Å². The summed E-state index contributed by atoms with van der Waals surface area (Å²) in [6.07, 6.45) is 0. The molecule has 0 aliphatic heterocycles. The summed E-state index contributed by atoms with van der Waals surface area (Å²) in [4.78, 5) is 6.41. The van der Waals surface area contributed by atoms with Crippen molar-refractivity contribution in [2.75, 3.05) is 23.0 Å². The molecule has 0 saturated carbocycles. The lowest BCUT2D eigenvalue weighted by Gasteiger charge is -2.26. The van der Waals surface area contributed by atoms with E-state index in [0.29, 0.717) is 13.2 Å². The summed E-state index contributed by atoms with van der Waals surface area (Å²) in [5.41, 5.74) is 7.82. The summed E-state index contributed by atoms with van der Waals surface area (Å²) in [6, 6.07) is 89.1. The molecular weight excluding hydrogens is 973 g/mol. The third-order valence-electron chi connectivity index (χ3n) is 12.5. The van der Waals surface area contributed by atoms with Crippen LogP contribution in [0.3, 0.4) is 0 Å². The van der Waals surface area contributed by atoms with E-state index in [-0.39, 0.29) is 0 Å². The quantitative estimate of drug-likeness (QED) is 0.0748. The summed E-state index contributed by atoms with van der Waals surface area (Å²) in [6.45, 7) is 4.96. The Labute approximate surface area is 453 Å². The van der Waals surface area contributed by atoms with Crippen LogP contribution in [0.5, 0.6) is 57.5 Å². The molecule has 0 amide bonds. The number of thiophene rings is 1. The highest BCUT2D eigenvalue weighted by Gasteiger charge is 2.25. The molecule has 11 rings (SSSR count). The SMILES string of the molecule is CCOc1c(-c2ccc(N(c3ccc(Oc4ccccc4)cc3)c3ccc(Oc4ccccc4)cc3)cc2)sc(-c2ccc(N(c3ccc(Oc4ccccc4)cc3)c3ccc(Oc4ccccc4)cc3)cc2)c1OCC. The van der Waals surface area contributed by atoms with Crippen molar-refractivity contribution in [3.05, 3.63) is 267 Å². The maximum atomic E-state index is 6.50. The normalized spacial score (nSPS) is 10.8. The van der Waals surface area contributed by atoms with E-state index in [1.165, 1.54) is 0 Å². The van der Waals surface area contributed by atoms with Crippen molar-refractivity contribution in [2.24, 2.45) is 0 Å². The van der Waals surface area contributed by atoms with Crippen molar-refractivity contribution in [3.8, 4) is 78.4 Å². The highest BCUT2D eigenvalue weighted by molar-refractivity contribution is 7.19. The molecular formula is C68H54N2O6S. The van der Waals surface area contributed by atoms with Crippen molar-refractivity contribution < 1.29 is 28.4 Å². The molecule has 0 fully saturated rings. The van der Waals surface area contributed by atoms with Crippen molar-refractivity contribution >= 4 is 45.5 Å². The highest BCUT2D eigenvalue weighted by Crippen LogP contribution is 2.53. The molecule has 0 aliphatic rings. The van der Waals surface area contributed by atoms with Crippen molar-refractivity contribution in [3.63, 3.8) is 0 Å². The molecule has 0 radical (unpaired) electrons. The molecule has 1 heterocycles. The summed E-state index contributed by atoms with van der Waals surface area (Å²) in [5, 5.41) is 0. The van der Waals surface area contributed by atoms with Crippen LogP contribution in [0, 0.1) is 0 Å². The standard InChI is InChI=1S/C68H54N2O6S/c1-3-71-65-66(72-4-2)68(50-27-31-52(32-28-50)70(55-37-45-63(46-38-55)75-59-21-13-7-14-22-59)56-39-47-64(48-40-56)76-60-23-15-8-16-24-60)77-67(65)49-25-29-51(30-26-49)69(53-33-41-61(42-34-53)73-57-17-9-5-10-18-57)54-35-43-62(44-36-54)74-58-19-11-6-12-20-58/h5-48H,3-4H2,1-2H3. The molecule has 10 aromatic carbocycles. The van der Waals surface area contributed by atoms with Gasteiger partial charge in [-0.05, 0) is 195 Å². The predicted molar refractivity (Wildman–Crippen MR) is 313 cm³/mol. The van der Waals surface area contributed by atoms with Gasteiger partial charge >= 0.3 is 0 Å². The smallest absolute Gasteiger partial charge is 0.180 e. The van der Waals surface area contributed by atoms with E-state index in [0.717, 1.165) is 113 Å². The number of rotatable bonds is 20. The van der Waals surface area contributed by atoms with E-state index in [4.69, 9.17) is 28.4 Å². The fraction of sp³-hybridized carbons (Fsp3) is 0.0588. The van der Waals surface area contributed by atoms with Gasteiger partial charge in [0.15, 0.2) is 11.5 Å². The third-order valence-corrected chi connectivity index (χ3v) is 13.7. The minimum absolute atomic E-state index is 0.474. The monoisotopic (exact) mass is 1030 g/mol. The van der Waals surface area contributed by atoms with E-state index in [9.17, 15) is 0 Å². The fourth-order valence-electron chi connectivity index (χ4n) is 8.90. The number of benzene rings is 10. The highest BCUT2D eigenvalue weighted by atomic mass is 32.1. The summed E-state index contributed by atoms with van der Waals surface area (Å²) in [7, 11) is 0. The Bertz CT molecular complexity index is 3190. The maximum absolute atomic E-state index is 6.50. The van der Waals surface area contributed by atoms with Gasteiger partial charge in [0.05, 0.1) is 23.0 Å². The van der Waals surface area contributed by atoms with Crippen LogP contribution >= 0.6 is 11.3 Å². The third kappa shape index (κ3) is 11.8. The first-order valence-electron chi connectivity index (χ1n) is 25.6. The minimum atomic E-state index is 0.474. The Kier molecular flexibility index (Phi) is 15.2. The number of nitrogens with zero attached hydrogens (tertiary/aromatic N) is 2. The lowest BCUT2D eigenvalue weighted by molar-refractivity contribution is 0.292. The second-order valence-corrected chi connectivity index (χ2v) is 18.7. The van der Waals surface area contributed by atoms with Crippen molar-refractivity contribution in [1.29, 1.82) is 0 Å². The fourth-order valence-corrected chi connectivity index (χ4v) is 10.1. The van der Waals surface area contributed by atoms with Crippen LogP contribution in [-0.4, -0.2) is 13.2 Å². The lowest BCUT2D eigenvalue weighted by atomic mass is 10.1. The molecule has 8 nitrogen and oxygen atoms in total. The second kappa shape index (κ2) is 23.7. The van der Waals surface area contributed by atoms with Crippen LogP contribution in [0.2, 0.25) is 0 Å². The van der Waals surface area contributed by atoms with Gasteiger partial charge in [-0.25, -0.2) is 0 Å². The predicted octanol–water partition coefficient (Wildman–Crippen LogP) is 20.0. The number of hydrogen-bond acceptors (Lipinski definition) is 9. The largest absolute Gasteiger partial charge is 0.488 e. The van der Waals surface area contributed by atoms with E-state index in [1.807, 2.05) is 184 Å². The van der Waals surface area contributed by atoms with Gasteiger partial charge in [0.25, 0.3) is 0 Å². The second-order valence-electron chi connectivity index (χ2n) is 17.7. The van der Waals surface area contributed by atoms with Crippen LogP contribution in [0.4, 0.5) is 34.1 Å². The van der Waals surface area contributed by atoms with Gasteiger partial charge in [0, 0.05) is 34.1 Å². The topological polar surface area (TPSA) is 61.9 Å². The zero-order chi connectivity index (χ0) is 52.2. The number of hydrogen-bond donors (Lipinski definition) is 0. The molecule has 0 unspecified atom stereocenters. The van der Waals surface area contributed by atoms with E-state index in [2.05, 4.69) is 107 Å². The number of para-hydroxylation sites is 4. The molecule has 0 spiro atoms. The average molecular weight is 1030 g/mol. The summed E-state index contributed by atoms with van der Waals surface area (Å²) in [5.74, 6) is 7.55. The molecule has 0 atom stereocenters. The minimum Gasteiger partial charge on any atom is -0.488 e. The van der Waals surface area contributed by atoms with Gasteiger partial charge in [-0.2, -0.15) is 0 Å². The first kappa shape index (κ1) is 49.5. The van der Waals surface area contributed by atoms with Gasteiger partial charge in [0.2, 0.25) is 0 Å². The molecule has 378 valence electrons. The van der Waals surface area contributed by atoms with Crippen LogP contribution in [0.1, 0.15) is 13.8 Å². The number of ether oxygens (including phenoxy) is 6. The average Bonchev–Trinajstić information content (AvgIpc) is 3.85. The Morgan fingerprint density at radius 1 is 0.260 bits per heavy atom. The van der Waals surface area contributed by atoms with Crippen LogP contribution in [0.25, 0.3) is 20.9 Å². The molecule has 0 bridgehead atoms. The van der Waals surface area contributed by atoms with Gasteiger partial charge in [0.1, 0.15) is 46.0 Å². The number of anilines is 6. The first-order chi connectivity index (χ1) is 38.0. The molecule has 0 N–H and O–H groups in total. The van der Waals surface area contributed by atoms with E-state index in [1.54, 1.807) is 11.3 Å². The lowest BCUT2D eigenvalue weighted by Crippen LogP contribution is -2.09. The van der Waals surface area contributed by atoms with Crippen LogP contribution in [0.15, 0.2) is 267 Å². The van der Waals surface area contributed by atoms with E-state index < -0.39 is 0 Å². The van der Waals surface area contributed by atoms with Gasteiger partial charge in [-0.1, -0.05) is 97.1 Å². The van der Waals surface area contributed by atoms with Crippen molar-refractivity contribution in [1.82, 2.24) is 0 Å². The molecule has 1 aromatic heterocycles. The maximum Gasteiger partial charge on any atom is 0.180 e. The molecule has 77 heavy (non-hydrogen) atoms. The van der Waals surface area contributed by atoms with Gasteiger partial charge < -0.3 is 38.2 Å². The van der Waals surface area contributed by atoms with Gasteiger partial charge in [-0.3, -0.25) is 0 Å². The first-order valence-corrected chi connectivity index (χ1v) is 26.4. The molecule has 0 aliphatic carbocycles. The molecule has 11 aromatic rings. The Morgan fingerprint density at radius 2 is 0.468 bits per heavy atom. The zero-order valence-electron chi connectivity index (χ0n) is 42.6. The Morgan fingerprint density at radius 3 is 0.688 bits per heavy atom. The Hall–Kier alpha value is -9.70. The van der Waals surface area contributed by atoms with Crippen LogP contribution < -0.4 is 38.2 Å². The molecule has 9 heteroatoms. The zero-order valence-corrected chi connectivity index (χ0v) is 43.4. The van der Waals surface area contributed by atoms with Gasteiger partial charge in [-0.15, -0.1) is 11.3 Å². The van der Waals surface area contributed by atoms with E-state index >= 15 is 0 Å². The molecule has 0 saturated heterocycles. The van der Waals surface area contributed by atoms with Crippen LogP contribution in [-0.2, 0) is 0 Å². The Balaban J connectivity index is 0.909. The summed E-state index contributed by atoms with van der Waals surface area (Å²) < 4.78 is 37.7. The summed E-state index contributed by atoms with van der Waals surface area (Å²) >= 11 is 1.66.